The molecule has 3 heteroatoms. The Hall–Kier alpha value is -1.95. The Balaban J connectivity index is 2.52. The van der Waals surface area contributed by atoms with Crippen molar-refractivity contribution in [3.05, 3.63) is 29.8 Å². The third-order valence-electron chi connectivity index (χ3n) is 2.39. The molecule has 0 aliphatic carbocycles. The Labute approximate surface area is 102 Å². The number of rotatable bonds is 5. The van der Waals surface area contributed by atoms with Crippen molar-refractivity contribution in [2.45, 2.75) is 32.2 Å². The standard InChI is InChI=1S/C14H17NO2/c1-3-6-12(4-2)15-14(17)10-11-7-5-8-13(16)9-11/h2,5,7-9,12,16H,3,6,10H2,1H3,(H,15,17). The average molecular weight is 231 g/mol. The molecule has 1 aromatic carbocycles. The molecule has 90 valence electrons. The molecule has 0 aliphatic rings. The zero-order chi connectivity index (χ0) is 12.7. The van der Waals surface area contributed by atoms with Gasteiger partial charge >= 0.3 is 0 Å². The molecule has 0 saturated carbocycles. The molecule has 17 heavy (non-hydrogen) atoms. The van der Waals surface area contributed by atoms with Crippen molar-refractivity contribution in [1.29, 1.82) is 0 Å². The highest BCUT2D eigenvalue weighted by atomic mass is 16.3. The normalized spacial score (nSPS) is 11.5. The largest absolute Gasteiger partial charge is 0.508 e. The number of benzene rings is 1. The Bertz CT molecular complexity index is 420. The quantitative estimate of drug-likeness (QED) is 0.760. The molecule has 0 aliphatic heterocycles. The summed E-state index contributed by atoms with van der Waals surface area (Å²) in [7, 11) is 0. The minimum Gasteiger partial charge on any atom is -0.508 e. The van der Waals surface area contributed by atoms with Crippen LogP contribution in [0.4, 0.5) is 0 Å². The summed E-state index contributed by atoms with van der Waals surface area (Å²) < 4.78 is 0. The zero-order valence-electron chi connectivity index (χ0n) is 9.94. The monoisotopic (exact) mass is 231 g/mol. The minimum absolute atomic E-state index is 0.119. The van der Waals surface area contributed by atoms with Crippen LogP contribution in [0.2, 0.25) is 0 Å². The number of nitrogens with one attached hydrogen (secondary N) is 1. The Morgan fingerprint density at radius 1 is 1.59 bits per heavy atom. The van der Waals surface area contributed by atoms with E-state index in [1.54, 1.807) is 24.3 Å². The van der Waals surface area contributed by atoms with E-state index in [2.05, 4.69) is 11.2 Å². The van der Waals surface area contributed by atoms with E-state index in [4.69, 9.17) is 6.42 Å². The van der Waals surface area contributed by atoms with Crippen LogP contribution in [0.1, 0.15) is 25.3 Å². The van der Waals surface area contributed by atoms with Gasteiger partial charge in [-0.2, -0.15) is 0 Å². The number of carbonyl (C=O) groups is 1. The molecule has 1 unspecified atom stereocenters. The van der Waals surface area contributed by atoms with E-state index in [-0.39, 0.29) is 24.1 Å². The number of aromatic hydroxyl groups is 1. The number of hydrogen-bond acceptors (Lipinski definition) is 2. The summed E-state index contributed by atoms with van der Waals surface area (Å²) >= 11 is 0. The number of phenols is 1. The van der Waals surface area contributed by atoms with Gasteiger partial charge in [-0.3, -0.25) is 4.79 Å². The molecule has 0 radical (unpaired) electrons. The van der Waals surface area contributed by atoms with E-state index in [0.29, 0.717) is 0 Å². The van der Waals surface area contributed by atoms with E-state index >= 15 is 0 Å². The van der Waals surface area contributed by atoms with Crippen molar-refractivity contribution in [3.63, 3.8) is 0 Å². The van der Waals surface area contributed by atoms with Crippen molar-refractivity contribution >= 4 is 5.91 Å². The third-order valence-corrected chi connectivity index (χ3v) is 2.39. The lowest BCUT2D eigenvalue weighted by Gasteiger charge is -2.11. The molecule has 2 N–H and O–H groups in total. The molecular weight excluding hydrogens is 214 g/mol. The van der Waals surface area contributed by atoms with Crippen molar-refractivity contribution in [3.8, 4) is 18.1 Å². The molecule has 0 bridgehead atoms. The Kier molecular flexibility index (Phi) is 5.09. The predicted octanol–water partition coefficient (Wildman–Crippen LogP) is 1.85. The van der Waals surface area contributed by atoms with Crippen LogP contribution in [0.3, 0.4) is 0 Å². The van der Waals surface area contributed by atoms with Gasteiger partial charge in [0, 0.05) is 0 Å². The summed E-state index contributed by atoms with van der Waals surface area (Å²) in [4.78, 5) is 11.7. The molecule has 0 fully saturated rings. The lowest BCUT2D eigenvalue weighted by atomic mass is 10.1. The fourth-order valence-electron chi connectivity index (χ4n) is 1.58. The number of amides is 1. The molecule has 0 heterocycles. The molecule has 1 aromatic rings. The van der Waals surface area contributed by atoms with Gasteiger partial charge in [-0.05, 0) is 24.1 Å². The number of terminal acetylenes is 1. The van der Waals surface area contributed by atoms with Gasteiger partial charge in [0.2, 0.25) is 5.91 Å². The first kappa shape index (κ1) is 13.1. The van der Waals surface area contributed by atoms with Crippen molar-refractivity contribution in [2.24, 2.45) is 0 Å². The van der Waals surface area contributed by atoms with Crippen LogP contribution in [0.5, 0.6) is 5.75 Å². The van der Waals surface area contributed by atoms with Crippen LogP contribution < -0.4 is 5.32 Å². The summed E-state index contributed by atoms with van der Waals surface area (Å²) in [5, 5.41) is 12.1. The molecule has 0 saturated heterocycles. The van der Waals surface area contributed by atoms with E-state index in [9.17, 15) is 9.90 Å². The number of hydrogen-bond donors (Lipinski definition) is 2. The van der Waals surface area contributed by atoms with Crippen LogP contribution >= 0.6 is 0 Å². The molecule has 0 spiro atoms. The van der Waals surface area contributed by atoms with Crippen molar-refractivity contribution in [2.75, 3.05) is 0 Å². The average Bonchev–Trinajstić information content (AvgIpc) is 2.28. The molecule has 3 nitrogen and oxygen atoms in total. The van der Waals surface area contributed by atoms with Gasteiger partial charge in [0.1, 0.15) is 5.75 Å². The Morgan fingerprint density at radius 2 is 2.35 bits per heavy atom. The van der Waals surface area contributed by atoms with Gasteiger partial charge in [0.25, 0.3) is 0 Å². The topological polar surface area (TPSA) is 49.3 Å². The fourth-order valence-corrected chi connectivity index (χ4v) is 1.58. The number of carbonyl (C=O) groups excluding carboxylic acids is 1. The van der Waals surface area contributed by atoms with Crippen LogP contribution in [0.15, 0.2) is 24.3 Å². The fraction of sp³-hybridized carbons (Fsp3) is 0.357. The van der Waals surface area contributed by atoms with Gasteiger partial charge in [0.05, 0.1) is 12.5 Å². The molecular formula is C14H17NO2. The van der Waals surface area contributed by atoms with Crippen molar-refractivity contribution in [1.82, 2.24) is 5.32 Å². The molecule has 1 rings (SSSR count). The second-order valence-electron chi connectivity index (χ2n) is 3.92. The first-order valence-corrected chi connectivity index (χ1v) is 5.69. The molecule has 1 amide bonds. The predicted molar refractivity (Wildman–Crippen MR) is 67.5 cm³/mol. The summed E-state index contributed by atoms with van der Waals surface area (Å²) in [6.45, 7) is 2.02. The molecule has 1 atom stereocenters. The van der Waals surface area contributed by atoms with E-state index in [0.717, 1.165) is 18.4 Å². The maximum absolute atomic E-state index is 11.7. The van der Waals surface area contributed by atoms with Gasteiger partial charge in [-0.25, -0.2) is 0 Å². The highest BCUT2D eigenvalue weighted by Gasteiger charge is 2.09. The second kappa shape index (κ2) is 6.59. The third kappa shape index (κ3) is 4.60. The molecule has 0 aromatic heterocycles. The van der Waals surface area contributed by atoms with Gasteiger partial charge in [0.15, 0.2) is 0 Å². The summed E-state index contributed by atoms with van der Waals surface area (Å²) in [6, 6.07) is 6.45. The van der Waals surface area contributed by atoms with Gasteiger partial charge < -0.3 is 10.4 Å². The zero-order valence-corrected chi connectivity index (χ0v) is 9.94. The van der Waals surface area contributed by atoms with Crippen LogP contribution in [0, 0.1) is 12.3 Å². The smallest absolute Gasteiger partial charge is 0.225 e. The maximum atomic E-state index is 11.7. The minimum atomic E-state index is -0.204. The van der Waals surface area contributed by atoms with E-state index in [1.165, 1.54) is 0 Å². The number of phenolic OH excluding ortho intramolecular Hbond substituents is 1. The second-order valence-corrected chi connectivity index (χ2v) is 3.92. The lowest BCUT2D eigenvalue weighted by molar-refractivity contribution is -0.120. The van der Waals surface area contributed by atoms with E-state index < -0.39 is 0 Å². The summed E-state index contributed by atoms with van der Waals surface area (Å²) in [6.07, 6.45) is 7.26. The van der Waals surface area contributed by atoms with Crippen LogP contribution in [0.25, 0.3) is 0 Å². The highest BCUT2D eigenvalue weighted by Crippen LogP contribution is 2.11. The first-order valence-electron chi connectivity index (χ1n) is 5.69. The Morgan fingerprint density at radius 3 is 2.94 bits per heavy atom. The van der Waals surface area contributed by atoms with Gasteiger partial charge in [-0.1, -0.05) is 31.4 Å². The van der Waals surface area contributed by atoms with E-state index in [1.807, 2.05) is 6.92 Å². The lowest BCUT2D eigenvalue weighted by Crippen LogP contribution is -2.34. The van der Waals surface area contributed by atoms with Crippen LogP contribution in [-0.4, -0.2) is 17.1 Å². The highest BCUT2D eigenvalue weighted by molar-refractivity contribution is 5.79. The summed E-state index contributed by atoms with van der Waals surface area (Å²) in [5.41, 5.74) is 0.773. The SMILES string of the molecule is C#CC(CCC)NC(=O)Cc1cccc(O)c1. The maximum Gasteiger partial charge on any atom is 0.225 e. The van der Waals surface area contributed by atoms with Crippen molar-refractivity contribution < 1.29 is 9.90 Å². The summed E-state index contributed by atoms with van der Waals surface area (Å²) in [5.74, 6) is 2.60. The van der Waals surface area contributed by atoms with Crippen LogP contribution in [-0.2, 0) is 11.2 Å². The van der Waals surface area contributed by atoms with Gasteiger partial charge in [-0.15, -0.1) is 6.42 Å². The first-order chi connectivity index (χ1) is 8.15.